The highest BCUT2D eigenvalue weighted by atomic mass is 32.3. The van der Waals surface area contributed by atoms with Gasteiger partial charge < -0.3 is 40.3 Å². The Bertz CT molecular complexity index is 1310. The van der Waals surface area contributed by atoms with Crippen LogP contribution in [0.2, 0.25) is 0 Å². The number of unbranched alkanes of at least 4 members (excludes halogenated alkanes) is 27. The van der Waals surface area contributed by atoms with Gasteiger partial charge in [-0.15, -0.1) is 0 Å². The quantitative estimate of drug-likeness (QED) is 0.0173. The molecule has 0 bridgehead atoms. The van der Waals surface area contributed by atoms with Crippen molar-refractivity contribution in [2.45, 2.75) is 268 Å². The summed E-state index contributed by atoms with van der Waals surface area (Å²) in [6.45, 7) is 3.21. The van der Waals surface area contributed by atoms with Crippen LogP contribution in [0.3, 0.4) is 0 Å². The fraction of sp³-hybridized carbons (Fsp3) is 0.863. The van der Waals surface area contributed by atoms with Gasteiger partial charge in [-0.25, -0.2) is 4.18 Å². The molecule has 13 nitrogen and oxygen atoms in total. The van der Waals surface area contributed by atoms with Gasteiger partial charge >= 0.3 is 10.4 Å². The predicted octanol–water partition coefficient (Wildman–Crippen LogP) is 10.0. The summed E-state index contributed by atoms with van der Waals surface area (Å²) >= 11 is 0. The van der Waals surface area contributed by atoms with E-state index in [1.165, 1.54) is 116 Å². The highest BCUT2D eigenvalue weighted by Gasteiger charge is 2.48. The van der Waals surface area contributed by atoms with Gasteiger partial charge in [0, 0.05) is 0 Å². The first-order valence-corrected chi connectivity index (χ1v) is 27.3. The third kappa shape index (κ3) is 33.4. The van der Waals surface area contributed by atoms with E-state index < -0.39 is 78.5 Å². The van der Waals surface area contributed by atoms with Crippen molar-refractivity contribution in [3.8, 4) is 0 Å². The summed E-state index contributed by atoms with van der Waals surface area (Å²) in [5, 5.41) is 55.4. The number of carbonyl (C=O) groups is 1. The van der Waals surface area contributed by atoms with Gasteiger partial charge in [-0.3, -0.25) is 9.35 Å². The van der Waals surface area contributed by atoms with E-state index in [1.54, 1.807) is 6.08 Å². The maximum atomic E-state index is 13.1. The molecule has 1 aliphatic rings. The summed E-state index contributed by atoms with van der Waals surface area (Å²) in [6, 6.07) is -1.12. The van der Waals surface area contributed by atoms with Crippen LogP contribution in [-0.4, -0.2) is 107 Å². The van der Waals surface area contributed by atoms with Crippen LogP contribution in [0.4, 0.5) is 0 Å². The lowest BCUT2D eigenvalue weighted by Gasteiger charge is -2.41. The van der Waals surface area contributed by atoms with Crippen molar-refractivity contribution in [3.63, 3.8) is 0 Å². The standard InChI is InChI=1S/C51H95NO12S/c1-3-5-7-9-11-13-15-17-19-21-22-23-24-26-27-29-31-33-35-37-39-44(54)43(42-62-51-48(57)49(64-65(59,60)61)47(56)46(41-53)63-51)52-50(58)45(55)40-38-36-34-32-30-28-25-20-18-16-14-12-10-8-6-4-2/h12,14,18,20,37,39,43-49,51,53-57H,3-11,13,15-17,19,21-36,38,40-42H2,1-2H3,(H,52,58)(H,59,60,61)/b14-12-,20-18-,39-37+. The van der Waals surface area contributed by atoms with Gasteiger partial charge in [0.15, 0.2) is 6.29 Å². The van der Waals surface area contributed by atoms with Crippen molar-refractivity contribution in [3.05, 3.63) is 36.5 Å². The van der Waals surface area contributed by atoms with Gasteiger partial charge in [0.2, 0.25) is 5.91 Å². The zero-order valence-electron chi connectivity index (χ0n) is 40.7. The number of nitrogens with one attached hydrogen (secondary N) is 1. The highest BCUT2D eigenvalue weighted by molar-refractivity contribution is 7.80. The van der Waals surface area contributed by atoms with Gasteiger partial charge in [-0.05, 0) is 51.4 Å². The minimum atomic E-state index is -5.12. The normalized spacial score (nSPS) is 20.9. The maximum absolute atomic E-state index is 13.1. The Morgan fingerprint density at radius 1 is 0.631 bits per heavy atom. The Balaban J connectivity index is 2.52. The van der Waals surface area contributed by atoms with Crippen molar-refractivity contribution in [2.75, 3.05) is 13.2 Å². The summed E-state index contributed by atoms with van der Waals surface area (Å²) in [4.78, 5) is 13.1. The molecule has 0 aromatic heterocycles. The molecule has 1 heterocycles. The zero-order valence-corrected chi connectivity index (χ0v) is 41.5. The van der Waals surface area contributed by atoms with Crippen molar-refractivity contribution in [1.82, 2.24) is 5.32 Å². The number of amides is 1. The summed E-state index contributed by atoms with van der Waals surface area (Å²) in [7, 11) is -5.12. The average Bonchev–Trinajstić information content (AvgIpc) is 3.28. The molecule has 1 fully saturated rings. The van der Waals surface area contributed by atoms with E-state index in [1.807, 2.05) is 6.08 Å². The molecule has 8 atom stereocenters. The summed E-state index contributed by atoms with van der Waals surface area (Å²) in [6.07, 6.45) is 37.8. The Morgan fingerprint density at radius 2 is 1.06 bits per heavy atom. The molecule has 8 unspecified atom stereocenters. The van der Waals surface area contributed by atoms with Crippen LogP contribution in [0.25, 0.3) is 0 Å². The Kier molecular flexibility index (Phi) is 38.9. The van der Waals surface area contributed by atoms with Crippen LogP contribution < -0.4 is 5.32 Å². The predicted molar refractivity (Wildman–Crippen MR) is 261 cm³/mol. The van der Waals surface area contributed by atoms with Crippen molar-refractivity contribution < 1.29 is 57.0 Å². The molecule has 1 rings (SSSR count). The fourth-order valence-corrected chi connectivity index (χ4v) is 8.65. The molecule has 382 valence electrons. The van der Waals surface area contributed by atoms with E-state index in [2.05, 4.69) is 47.7 Å². The third-order valence-corrected chi connectivity index (χ3v) is 12.7. The fourth-order valence-electron chi connectivity index (χ4n) is 8.14. The highest BCUT2D eigenvalue weighted by Crippen LogP contribution is 2.26. The number of hydrogen-bond donors (Lipinski definition) is 7. The second kappa shape index (κ2) is 41.3. The molecule has 1 amide bonds. The van der Waals surface area contributed by atoms with E-state index in [0.717, 1.165) is 70.6 Å². The van der Waals surface area contributed by atoms with Crippen LogP contribution in [0, 0.1) is 0 Å². The molecule has 0 aliphatic carbocycles. The van der Waals surface area contributed by atoms with Crippen LogP contribution >= 0.6 is 0 Å². The summed E-state index contributed by atoms with van der Waals surface area (Å²) < 4.78 is 47.6. The van der Waals surface area contributed by atoms with Gasteiger partial charge in [0.25, 0.3) is 0 Å². The first kappa shape index (κ1) is 61.3. The number of aliphatic hydroxyl groups is 5. The van der Waals surface area contributed by atoms with Crippen LogP contribution in [0.1, 0.15) is 219 Å². The molecule has 0 radical (unpaired) electrons. The van der Waals surface area contributed by atoms with Crippen molar-refractivity contribution >= 4 is 16.3 Å². The zero-order chi connectivity index (χ0) is 47.8. The molecular weight excluding hydrogens is 851 g/mol. The second-order valence-electron chi connectivity index (χ2n) is 18.3. The molecule has 7 N–H and O–H groups in total. The minimum absolute atomic E-state index is 0.231. The van der Waals surface area contributed by atoms with E-state index >= 15 is 0 Å². The van der Waals surface area contributed by atoms with Crippen LogP contribution in [0.5, 0.6) is 0 Å². The molecule has 0 aromatic carbocycles. The second-order valence-corrected chi connectivity index (χ2v) is 19.3. The number of aliphatic hydroxyl groups excluding tert-OH is 5. The largest absolute Gasteiger partial charge is 0.397 e. The summed E-state index contributed by atoms with van der Waals surface area (Å²) in [5.74, 6) is -0.710. The van der Waals surface area contributed by atoms with Gasteiger partial charge in [0.1, 0.15) is 30.5 Å². The molecule has 1 aliphatic heterocycles. The van der Waals surface area contributed by atoms with E-state index in [-0.39, 0.29) is 6.42 Å². The van der Waals surface area contributed by atoms with Gasteiger partial charge in [-0.2, -0.15) is 8.42 Å². The Labute approximate surface area is 395 Å². The van der Waals surface area contributed by atoms with E-state index in [4.69, 9.17) is 9.47 Å². The molecule has 14 heteroatoms. The van der Waals surface area contributed by atoms with Crippen molar-refractivity contribution in [1.29, 1.82) is 0 Å². The van der Waals surface area contributed by atoms with Crippen LogP contribution in [-0.2, 0) is 28.9 Å². The number of allylic oxidation sites excluding steroid dienone is 5. The number of rotatable bonds is 44. The Hall–Kier alpha value is -1.72. The monoisotopic (exact) mass is 946 g/mol. The average molecular weight is 946 g/mol. The maximum Gasteiger partial charge on any atom is 0.397 e. The van der Waals surface area contributed by atoms with E-state index in [9.17, 15) is 43.3 Å². The van der Waals surface area contributed by atoms with E-state index in [0.29, 0.717) is 12.8 Å². The first-order valence-electron chi connectivity index (χ1n) is 26.0. The number of ether oxygens (including phenoxy) is 2. The molecule has 0 saturated carbocycles. The summed E-state index contributed by atoms with van der Waals surface area (Å²) in [5.41, 5.74) is 0. The molecule has 1 saturated heterocycles. The smallest absolute Gasteiger partial charge is 0.394 e. The van der Waals surface area contributed by atoms with Gasteiger partial charge in [-0.1, -0.05) is 204 Å². The molecular formula is C51H95NO12S. The SMILES string of the molecule is CCCCC/C=C\C/C=C\CCCCCCCCC(O)C(=O)NC(COC1OC(CO)C(O)C(OS(=O)(=O)O)C1O)C(O)/C=C/CCCCCCCCCCCCCCCCCCCC. The lowest BCUT2D eigenvalue weighted by atomic mass is 9.99. The van der Waals surface area contributed by atoms with Crippen LogP contribution in [0.15, 0.2) is 36.5 Å². The van der Waals surface area contributed by atoms with Gasteiger partial charge in [0.05, 0.1) is 25.4 Å². The topological polar surface area (TPSA) is 212 Å². The molecule has 0 spiro atoms. The molecule has 65 heavy (non-hydrogen) atoms. The first-order chi connectivity index (χ1) is 31.4. The Morgan fingerprint density at radius 3 is 1.54 bits per heavy atom. The number of hydrogen-bond acceptors (Lipinski definition) is 11. The lowest BCUT2D eigenvalue weighted by Crippen LogP contribution is -2.61. The lowest BCUT2D eigenvalue weighted by molar-refractivity contribution is -0.298. The minimum Gasteiger partial charge on any atom is -0.394 e. The number of carbonyl (C=O) groups excluding carboxylic acids is 1. The third-order valence-electron chi connectivity index (χ3n) is 12.3. The van der Waals surface area contributed by atoms with Crippen molar-refractivity contribution in [2.24, 2.45) is 0 Å². The molecule has 0 aromatic rings.